The number of amides is 1. The predicted molar refractivity (Wildman–Crippen MR) is 99.9 cm³/mol. The number of anilines is 1. The van der Waals surface area contributed by atoms with Gasteiger partial charge in [-0.25, -0.2) is 9.18 Å². The van der Waals surface area contributed by atoms with Gasteiger partial charge in [0.25, 0.3) is 0 Å². The SMILES string of the molecule is COC(Cc1c(OC(=O)NC(C)(C)C)ccc(N2CCOCC2)c1F)OC. The van der Waals surface area contributed by atoms with Gasteiger partial charge in [-0.1, -0.05) is 0 Å². The lowest BCUT2D eigenvalue weighted by Gasteiger charge is -2.30. The second-order valence-corrected chi connectivity index (χ2v) is 7.34. The summed E-state index contributed by atoms with van der Waals surface area (Å²) in [5.74, 6) is -0.303. The highest BCUT2D eigenvalue weighted by atomic mass is 19.1. The molecule has 8 heteroatoms. The zero-order valence-corrected chi connectivity index (χ0v) is 16.6. The first kappa shape index (κ1) is 21.4. The summed E-state index contributed by atoms with van der Waals surface area (Å²) in [4.78, 5) is 14.1. The molecular formula is C19H29FN2O5. The van der Waals surface area contributed by atoms with Gasteiger partial charge in [-0.2, -0.15) is 0 Å². The number of hydrogen-bond donors (Lipinski definition) is 1. The van der Waals surface area contributed by atoms with Gasteiger partial charge in [0.1, 0.15) is 5.75 Å². The standard InChI is InChI=1S/C19H29FN2O5/c1-19(2,3)21-18(23)27-15-7-6-14(22-8-10-26-11-9-22)17(20)13(15)12-16(24-4)25-5/h6-7,16H,8-12H2,1-5H3,(H,21,23). The fourth-order valence-electron chi connectivity index (χ4n) is 2.79. The van der Waals surface area contributed by atoms with E-state index >= 15 is 4.39 Å². The van der Waals surface area contributed by atoms with E-state index in [0.29, 0.717) is 32.0 Å². The van der Waals surface area contributed by atoms with Gasteiger partial charge in [0, 0.05) is 44.8 Å². The van der Waals surface area contributed by atoms with E-state index in [1.165, 1.54) is 14.2 Å². The highest BCUT2D eigenvalue weighted by Crippen LogP contribution is 2.32. The Balaban J connectivity index is 2.33. The number of carbonyl (C=O) groups is 1. The molecular weight excluding hydrogens is 355 g/mol. The third-order valence-electron chi connectivity index (χ3n) is 4.11. The second-order valence-electron chi connectivity index (χ2n) is 7.34. The number of methoxy groups -OCH3 is 2. The average molecular weight is 384 g/mol. The highest BCUT2D eigenvalue weighted by Gasteiger charge is 2.25. The zero-order valence-electron chi connectivity index (χ0n) is 16.6. The average Bonchev–Trinajstić information content (AvgIpc) is 2.61. The quantitative estimate of drug-likeness (QED) is 0.761. The van der Waals surface area contributed by atoms with Crippen LogP contribution in [0.4, 0.5) is 14.9 Å². The van der Waals surface area contributed by atoms with Gasteiger partial charge in [-0.05, 0) is 32.9 Å². The lowest BCUT2D eigenvalue weighted by Crippen LogP contribution is -2.42. The first-order valence-electron chi connectivity index (χ1n) is 8.95. The number of nitrogens with one attached hydrogen (secondary N) is 1. The Kier molecular flexibility index (Phi) is 7.41. The number of benzene rings is 1. The summed E-state index contributed by atoms with van der Waals surface area (Å²) in [6.07, 6.45) is -1.20. The lowest BCUT2D eigenvalue weighted by molar-refractivity contribution is -0.101. The van der Waals surface area contributed by atoms with Gasteiger partial charge < -0.3 is 29.2 Å². The minimum atomic E-state index is -0.660. The number of rotatable bonds is 6. The number of morpholine rings is 1. The molecule has 2 rings (SSSR count). The Bertz CT molecular complexity index is 638. The topological polar surface area (TPSA) is 69.3 Å². The van der Waals surface area contributed by atoms with Crippen LogP contribution in [0, 0.1) is 5.82 Å². The Morgan fingerprint density at radius 3 is 2.44 bits per heavy atom. The molecule has 0 spiro atoms. The monoisotopic (exact) mass is 384 g/mol. The summed E-state index contributed by atoms with van der Waals surface area (Å²) < 4.78 is 36.5. The van der Waals surface area contributed by atoms with E-state index in [9.17, 15) is 4.79 Å². The van der Waals surface area contributed by atoms with E-state index in [4.69, 9.17) is 18.9 Å². The Morgan fingerprint density at radius 2 is 1.89 bits per heavy atom. The largest absolute Gasteiger partial charge is 0.413 e. The molecule has 1 aromatic carbocycles. The number of hydrogen-bond acceptors (Lipinski definition) is 6. The second kappa shape index (κ2) is 9.34. The van der Waals surface area contributed by atoms with Gasteiger partial charge in [-0.15, -0.1) is 0 Å². The van der Waals surface area contributed by atoms with Crippen LogP contribution in [0.5, 0.6) is 5.75 Å². The van der Waals surface area contributed by atoms with Crippen LogP contribution < -0.4 is 15.0 Å². The molecule has 152 valence electrons. The van der Waals surface area contributed by atoms with Crippen molar-refractivity contribution in [1.29, 1.82) is 0 Å². The van der Waals surface area contributed by atoms with Crippen molar-refractivity contribution in [2.24, 2.45) is 0 Å². The molecule has 1 fully saturated rings. The molecule has 0 aliphatic carbocycles. The van der Waals surface area contributed by atoms with Gasteiger partial charge in [0.2, 0.25) is 0 Å². The first-order chi connectivity index (χ1) is 12.7. The van der Waals surface area contributed by atoms with Crippen LogP contribution in [0.1, 0.15) is 26.3 Å². The van der Waals surface area contributed by atoms with E-state index in [-0.39, 0.29) is 17.7 Å². The molecule has 0 aromatic heterocycles. The smallest absolute Gasteiger partial charge is 0.410 e. The van der Waals surface area contributed by atoms with Crippen molar-refractivity contribution in [3.8, 4) is 5.75 Å². The maximum Gasteiger partial charge on any atom is 0.413 e. The molecule has 1 aliphatic rings. The fraction of sp³-hybridized carbons (Fsp3) is 0.632. The molecule has 0 unspecified atom stereocenters. The van der Waals surface area contributed by atoms with Crippen molar-refractivity contribution in [1.82, 2.24) is 5.32 Å². The minimum Gasteiger partial charge on any atom is -0.410 e. The summed E-state index contributed by atoms with van der Waals surface area (Å²) >= 11 is 0. The van der Waals surface area contributed by atoms with Crippen LogP contribution in [-0.2, 0) is 20.6 Å². The number of halogens is 1. The van der Waals surface area contributed by atoms with Crippen LogP contribution in [0.2, 0.25) is 0 Å². The predicted octanol–water partition coefficient (Wildman–Crippen LogP) is 2.71. The maximum atomic E-state index is 15.3. The first-order valence-corrected chi connectivity index (χ1v) is 8.95. The fourth-order valence-corrected chi connectivity index (χ4v) is 2.79. The van der Waals surface area contributed by atoms with Crippen LogP contribution in [0.25, 0.3) is 0 Å². The van der Waals surface area contributed by atoms with Crippen molar-refractivity contribution in [3.63, 3.8) is 0 Å². The van der Waals surface area contributed by atoms with Gasteiger partial charge >= 0.3 is 6.09 Å². The molecule has 7 nitrogen and oxygen atoms in total. The third kappa shape index (κ3) is 6.05. The molecule has 0 atom stereocenters. The lowest BCUT2D eigenvalue weighted by atomic mass is 10.1. The number of ether oxygens (including phenoxy) is 4. The molecule has 1 saturated heterocycles. The summed E-state index contributed by atoms with van der Waals surface area (Å²) in [5, 5.41) is 2.70. The Hall–Kier alpha value is -1.90. The summed E-state index contributed by atoms with van der Waals surface area (Å²) in [5.41, 5.74) is 0.213. The summed E-state index contributed by atoms with van der Waals surface area (Å²) in [7, 11) is 2.95. The molecule has 0 bridgehead atoms. The molecule has 1 N–H and O–H groups in total. The summed E-state index contributed by atoms with van der Waals surface area (Å²) in [6.45, 7) is 7.78. The minimum absolute atomic E-state index is 0.106. The van der Waals surface area contributed by atoms with E-state index in [0.717, 1.165) is 0 Å². The molecule has 1 amide bonds. The van der Waals surface area contributed by atoms with Gasteiger partial charge in [-0.3, -0.25) is 0 Å². The van der Waals surface area contributed by atoms with Crippen LogP contribution in [0.3, 0.4) is 0 Å². The van der Waals surface area contributed by atoms with E-state index in [1.54, 1.807) is 12.1 Å². The molecule has 1 heterocycles. The van der Waals surface area contributed by atoms with E-state index in [2.05, 4.69) is 5.32 Å². The highest BCUT2D eigenvalue weighted by molar-refractivity contribution is 5.72. The van der Waals surface area contributed by atoms with Crippen molar-refractivity contribution in [2.45, 2.75) is 39.0 Å². The molecule has 1 aliphatic heterocycles. The van der Waals surface area contributed by atoms with Crippen LogP contribution >= 0.6 is 0 Å². The van der Waals surface area contributed by atoms with Crippen molar-refractivity contribution in [2.75, 3.05) is 45.4 Å². The van der Waals surface area contributed by atoms with Gasteiger partial charge in [0.15, 0.2) is 12.1 Å². The van der Waals surface area contributed by atoms with Gasteiger partial charge in [0.05, 0.1) is 18.9 Å². The zero-order chi connectivity index (χ0) is 20.0. The number of nitrogens with zero attached hydrogens (tertiary/aromatic N) is 1. The van der Waals surface area contributed by atoms with Crippen LogP contribution in [-0.4, -0.2) is 58.4 Å². The summed E-state index contributed by atoms with van der Waals surface area (Å²) in [6, 6.07) is 3.23. The van der Waals surface area contributed by atoms with Crippen molar-refractivity contribution >= 4 is 11.8 Å². The van der Waals surface area contributed by atoms with Crippen LogP contribution in [0.15, 0.2) is 12.1 Å². The molecule has 0 radical (unpaired) electrons. The molecule has 0 saturated carbocycles. The van der Waals surface area contributed by atoms with E-state index in [1.807, 2.05) is 25.7 Å². The van der Waals surface area contributed by atoms with E-state index < -0.39 is 23.7 Å². The molecule has 27 heavy (non-hydrogen) atoms. The maximum absolute atomic E-state index is 15.3. The Labute approximate surface area is 159 Å². The third-order valence-corrected chi connectivity index (χ3v) is 4.11. The number of carbonyl (C=O) groups excluding carboxylic acids is 1. The Morgan fingerprint density at radius 1 is 1.26 bits per heavy atom. The molecule has 1 aromatic rings. The van der Waals surface area contributed by atoms with Crippen molar-refractivity contribution < 1.29 is 28.1 Å². The normalized spacial score (nSPS) is 15.1. The van der Waals surface area contributed by atoms with Crippen molar-refractivity contribution in [3.05, 3.63) is 23.5 Å².